The van der Waals surface area contributed by atoms with E-state index in [-0.39, 0.29) is 5.54 Å². The van der Waals surface area contributed by atoms with E-state index in [2.05, 4.69) is 9.80 Å². The second-order valence-electron chi connectivity index (χ2n) is 7.84. The molecule has 0 aromatic rings. The number of nitrogens with zero attached hydrogens (tertiary/aromatic N) is 2. The summed E-state index contributed by atoms with van der Waals surface area (Å²) in [4.78, 5) is 5.45. The molecule has 2 aliphatic heterocycles. The van der Waals surface area contributed by atoms with Crippen LogP contribution in [0, 0.1) is 0 Å². The Balaban J connectivity index is 1.37. The molecule has 21 heavy (non-hydrogen) atoms. The molecule has 0 aromatic carbocycles. The van der Waals surface area contributed by atoms with Gasteiger partial charge >= 0.3 is 0 Å². The molecule has 0 radical (unpaired) electrons. The average molecular weight is 293 g/mol. The summed E-state index contributed by atoms with van der Waals surface area (Å²) >= 11 is 0. The molecule has 0 amide bonds. The number of hydrogen-bond donors (Lipinski definition) is 1. The smallest absolute Gasteiger partial charge is 0.0166 e. The monoisotopic (exact) mass is 293 g/mol. The van der Waals surface area contributed by atoms with E-state index in [1.54, 1.807) is 0 Å². The van der Waals surface area contributed by atoms with Gasteiger partial charge in [0.1, 0.15) is 0 Å². The maximum atomic E-state index is 6.59. The molecule has 3 heteroatoms. The van der Waals surface area contributed by atoms with Crippen LogP contribution in [0.1, 0.15) is 70.6 Å². The van der Waals surface area contributed by atoms with E-state index in [4.69, 9.17) is 5.73 Å². The first-order valence-corrected chi connectivity index (χ1v) is 9.51. The third-order valence-corrected chi connectivity index (χ3v) is 6.24. The fourth-order valence-corrected chi connectivity index (χ4v) is 4.68. The molecule has 1 aliphatic carbocycles. The van der Waals surface area contributed by atoms with E-state index >= 15 is 0 Å². The lowest BCUT2D eigenvalue weighted by Gasteiger charge is -2.41. The molecule has 2 N–H and O–H groups in total. The van der Waals surface area contributed by atoms with Crippen LogP contribution >= 0.6 is 0 Å². The van der Waals surface area contributed by atoms with Gasteiger partial charge < -0.3 is 15.5 Å². The summed E-state index contributed by atoms with van der Waals surface area (Å²) in [6, 6.07) is 0.878. The van der Waals surface area contributed by atoms with Crippen molar-refractivity contribution in [1.82, 2.24) is 9.80 Å². The Labute approximate surface area is 131 Å². The van der Waals surface area contributed by atoms with Gasteiger partial charge in [-0.3, -0.25) is 0 Å². The zero-order valence-electron chi connectivity index (χ0n) is 13.9. The summed E-state index contributed by atoms with van der Waals surface area (Å²) in [5.41, 5.74) is 6.75. The summed E-state index contributed by atoms with van der Waals surface area (Å²) in [6.07, 6.45) is 14.9. The van der Waals surface area contributed by atoms with Gasteiger partial charge in [0.2, 0.25) is 0 Å². The highest BCUT2D eigenvalue weighted by molar-refractivity contribution is 4.89. The van der Waals surface area contributed by atoms with Crippen molar-refractivity contribution in [2.24, 2.45) is 5.73 Å². The van der Waals surface area contributed by atoms with Crippen molar-refractivity contribution in [3.63, 3.8) is 0 Å². The van der Waals surface area contributed by atoms with Gasteiger partial charge in [0.15, 0.2) is 0 Å². The molecule has 0 bridgehead atoms. The number of rotatable bonds is 4. The van der Waals surface area contributed by atoms with Crippen molar-refractivity contribution >= 4 is 0 Å². The lowest BCUT2D eigenvalue weighted by molar-refractivity contribution is 0.0871. The second kappa shape index (κ2) is 7.43. The van der Waals surface area contributed by atoms with E-state index < -0.39 is 0 Å². The van der Waals surface area contributed by atoms with Crippen molar-refractivity contribution < 1.29 is 0 Å². The summed E-state index contributed by atoms with van der Waals surface area (Å²) in [7, 11) is 0. The van der Waals surface area contributed by atoms with Gasteiger partial charge in [-0.15, -0.1) is 0 Å². The molecule has 122 valence electrons. The molecule has 3 nitrogen and oxygen atoms in total. The lowest BCUT2D eigenvalue weighted by atomic mass is 9.80. The van der Waals surface area contributed by atoms with Crippen LogP contribution in [-0.2, 0) is 0 Å². The topological polar surface area (TPSA) is 32.5 Å². The normalized spacial score (nSPS) is 29.6. The molecule has 2 heterocycles. The van der Waals surface area contributed by atoms with Crippen molar-refractivity contribution in [2.75, 3.05) is 32.7 Å². The second-order valence-corrected chi connectivity index (χ2v) is 7.84. The standard InChI is InChI=1S/C18H35N3/c19-18(9-3-1-4-10-18)11-16-20-14-7-17(8-15-20)21-12-5-2-6-13-21/h17H,1-16,19H2. The molecular weight excluding hydrogens is 258 g/mol. The Morgan fingerprint density at radius 1 is 0.810 bits per heavy atom. The van der Waals surface area contributed by atoms with Crippen LogP contribution in [0.2, 0.25) is 0 Å². The van der Waals surface area contributed by atoms with Crippen LogP contribution in [0.15, 0.2) is 0 Å². The van der Waals surface area contributed by atoms with E-state index in [9.17, 15) is 0 Å². The molecule has 3 aliphatic rings. The van der Waals surface area contributed by atoms with Crippen LogP contribution in [0.4, 0.5) is 0 Å². The first-order valence-electron chi connectivity index (χ1n) is 9.51. The van der Waals surface area contributed by atoms with Crippen molar-refractivity contribution in [3.8, 4) is 0 Å². The molecule has 3 rings (SSSR count). The minimum absolute atomic E-state index is 0.169. The van der Waals surface area contributed by atoms with Crippen molar-refractivity contribution in [3.05, 3.63) is 0 Å². The minimum Gasteiger partial charge on any atom is -0.325 e. The largest absolute Gasteiger partial charge is 0.325 e. The van der Waals surface area contributed by atoms with Crippen LogP contribution in [-0.4, -0.2) is 54.1 Å². The molecule has 1 saturated carbocycles. The van der Waals surface area contributed by atoms with Gasteiger partial charge in [0.25, 0.3) is 0 Å². The van der Waals surface area contributed by atoms with Crippen LogP contribution in [0.5, 0.6) is 0 Å². The Morgan fingerprint density at radius 2 is 1.43 bits per heavy atom. The van der Waals surface area contributed by atoms with Gasteiger partial charge in [-0.1, -0.05) is 25.7 Å². The van der Waals surface area contributed by atoms with Crippen molar-refractivity contribution in [2.45, 2.75) is 82.2 Å². The Hall–Kier alpha value is -0.120. The Kier molecular flexibility index (Phi) is 5.58. The maximum absolute atomic E-state index is 6.59. The predicted octanol–water partition coefficient (Wildman–Crippen LogP) is 2.99. The summed E-state index contributed by atoms with van der Waals surface area (Å²) in [5.74, 6) is 0. The van der Waals surface area contributed by atoms with E-state index in [1.807, 2.05) is 0 Å². The molecule has 0 atom stereocenters. The highest BCUT2D eigenvalue weighted by Gasteiger charge is 2.29. The van der Waals surface area contributed by atoms with E-state index in [1.165, 1.54) is 103 Å². The third kappa shape index (κ3) is 4.43. The number of nitrogens with two attached hydrogens (primary N) is 1. The number of piperidine rings is 2. The maximum Gasteiger partial charge on any atom is 0.0166 e. The van der Waals surface area contributed by atoms with E-state index in [0.29, 0.717) is 0 Å². The van der Waals surface area contributed by atoms with Crippen LogP contribution in [0.25, 0.3) is 0 Å². The fourth-order valence-electron chi connectivity index (χ4n) is 4.68. The quantitative estimate of drug-likeness (QED) is 0.865. The third-order valence-electron chi connectivity index (χ3n) is 6.24. The minimum atomic E-state index is 0.169. The summed E-state index contributed by atoms with van der Waals surface area (Å²) in [5, 5.41) is 0. The highest BCUT2D eigenvalue weighted by Crippen LogP contribution is 2.29. The molecular formula is C18H35N3. The van der Waals surface area contributed by atoms with Gasteiger partial charge in [0, 0.05) is 11.6 Å². The summed E-state index contributed by atoms with van der Waals surface area (Å²) < 4.78 is 0. The number of likely N-dealkylation sites (tertiary alicyclic amines) is 2. The van der Waals surface area contributed by atoms with Crippen LogP contribution in [0.3, 0.4) is 0 Å². The van der Waals surface area contributed by atoms with E-state index in [0.717, 1.165) is 6.04 Å². The highest BCUT2D eigenvalue weighted by atomic mass is 15.2. The first kappa shape index (κ1) is 15.8. The van der Waals surface area contributed by atoms with Gasteiger partial charge in [-0.05, 0) is 77.7 Å². The van der Waals surface area contributed by atoms with Gasteiger partial charge in [-0.2, -0.15) is 0 Å². The predicted molar refractivity (Wildman–Crippen MR) is 89.5 cm³/mol. The molecule has 0 spiro atoms. The molecule has 3 fully saturated rings. The average Bonchev–Trinajstić information content (AvgIpc) is 2.55. The zero-order valence-corrected chi connectivity index (χ0v) is 13.9. The summed E-state index contributed by atoms with van der Waals surface area (Å²) in [6.45, 7) is 6.56. The molecule has 2 saturated heterocycles. The Bertz CT molecular complexity index is 298. The molecule has 0 aromatic heterocycles. The lowest BCUT2D eigenvalue weighted by Crippen LogP contribution is -2.49. The van der Waals surface area contributed by atoms with Gasteiger partial charge in [0.05, 0.1) is 0 Å². The van der Waals surface area contributed by atoms with Gasteiger partial charge in [-0.25, -0.2) is 0 Å². The van der Waals surface area contributed by atoms with Crippen LogP contribution < -0.4 is 5.73 Å². The zero-order chi connectivity index (χ0) is 14.5. The fraction of sp³-hybridized carbons (Fsp3) is 1.00. The number of hydrogen-bond acceptors (Lipinski definition) is 3. The SMILES string of the molecule is NC1(CCN2CCC(N3CCCCC3)CC2)CCCCC1. The Morgan fingerprint density at radius 3 is 2.10 bits per heavy atom. The first-order chi connectivity index (χ1) is 10.3. The molecule has 0 unspecified atom stereocenters. The van der Waals surface area contributed by atoms with Crippen molar-refractivity contribution in [1.29, 1.82) is 0 Å².